The molecule has 3 rings (SSSR count). The Morgan fingerprint density at radius 2 is 2.03 bits per heavy atom. The molecular formula is C21H31ClIN7O. The quantitative estimate of drug-likeness (QED) is 0.335. The van der Waals surface area contributed by atoms with Crippen molar-refractivity contribution in [1.82, 2.24) is 24.7 Å². The minimum Gasteiger partial charge on any atom is -0.356 e. The van der Waals surface area contributed by atoms with Crippen molar-refractivity contribution in [1.29, 1.82) is 0 Å². The Kier molecular flexibility index (Phi) is 9.89. The summed E-state index contributed by atoms with van der Waals surface area (Å²) in [5.74, 6) is 1.88. The molecule has 0 aromatic carbocycles. The van der Waals surface area contributed by atoms with E-state index in [0.717, 1.165) is 48.7 Å². The number of guanidine groups is 1. The molecule has 31 heavy (non-hydrogen) atoms. The van der Waals surface area contributed by atoms with Crippen LogP contribution in [0.3, 0.4) is 0 Å². The molecule has 1 amide bonds. The highest BCUT2D eigenvalue weighted by molar-refractivity contribution is 14.0. The number of aryl methyl sites for hydroxylation is 1. The van der Waals surface area contributed by atoms with E-state index in [2.05, 4.69) is 20.2 Å². The summed E-state index contributed by atoms with van der Waals surface area (Å²) in [5, 5.41) is 4.01. The van der Waals surface area contributed by atoms with Gasteiger partial charge in [-0.25, -0.2) is 4.98 Å². The van der Waals surface area contributed by atoms with Gasteiger partial charge in [-0.15, -0.1) is 24.0 Å². The molecule has 0 spiro atoms. The van der Waals surface area contributed by atoms with Crippen LogP contribution in [-0.2, 0) is 18.4 Å². The number of hydrogen-bond acceptors (Lipinski definition) is 4. The van der Waals surface area contributed by atoms with Gasteiger partial charge in [0.2, 0.25) is 5.91 Å². The van der Waals surface area contributed by atoms with E-state index < -0.39 is 0 Å². The van der Waals surface area contributed by atoms with Crippen LogP contribution in [0.25, 0.3) is 0 Å². The van der Waals surface area contributed by atoms with E-state index in [1.807, 2.05) is 58.9 Å². The van der Waals surface area contributed by atoms with Crippen LogP contribution in [0.2, 0.25) is 5.02 Å². The first-order valence-electron chi connectivity index (χ1n) is 10.1. The Balaban J connectivity index is 0.00000341. The first kappa shape index (κ1) is 25.3. The molecule has 2 aromatic rings. The second-order valence-corrected chi connectivity index (χ2v) is 7.83. The lowest BCUT2D eigenvalue weighted by Crippen LogP contribution is -2.49. The topological polar surface area (TPSA) is 69.0 Å². The van der Waals surface area contributed by atoms with Crippen LogP contribution in [0.4, 0.5) is 5.82 Å². The summed E-state index contributed by atoms with van der Waals surface area (Å²) in [5.41, 5.74) is 1.09. The maximum atomic E-state index is 12.6. The summed E-state index contributed by atoms with van der Waals surface area (Å²) in [6.07, 6.45) is 4.12. The van der Waals surface area contributed by atoms with Gasteiger partial charge in [-0.2, -0.15) is 0 Å². The standard InChI is InChI=1S/C21H30ClN7O.HI/c1-23-21(27(3)16-18-14-17(22)15-26(18)2)25-9-7-20(30)29-12-10-28(11-13-29)19-6-4-5-8-24-19;/h4-6,8,14-15H,7,9-13,16H2,1-3H3,(H,23,25);1H. The molecule has 1 aliphatic heterocycles. The number of amides is 1. The molecule has 170 valence electrons. The van der Waals surface area contributed by atoms with Crippen LogP contribution in [0.15, 0.2) is 41.7 Å². The van der Waals surface area contributed by atoms with Crippen molar-refractivity contribution in [2.24, 2.45) is 12.0 Å². The van der Waals surface area contributed by atoms with Crippen LogP contribution < -0.4 is 10.2 Å². The summed E-state index contributed by atoms with van der Waals surface area (Å²) in [6, 6.07) is 7.85. The van der Waals surface area contributed by atoms with Crippen LogP contribution in [0.1, 0.15) is 12.1 Å². The van der Waals surface area contributed by atoms with Gasteiger partial charge in [0.25, 0.3) is 0 Å². The number of pyridine rings is 1. The number of aliphatic imine (C=N–C) groups is 1. The molecule has 10 heteroatoms. The largest absolute Gasteiger partial charge is 0.356 e. The van der Waals surface area contributed by atoms with Gasteiger partial charge in [-0.3, -0.25) is 9.79 Å². The molecule has 3 heterocycles. The molecule has 1 N–H and O–H groups in total. The zero-order chi connectivity index (χ0) is 21.5. The van der Waals surface area contributed by atoms with Crippen molar-refractivity contribution >= 4 is 53.3 Å². The van der Waals surface area contributed by atoms with Gasteiger partial charge in [-0.05, 0) is 18.2 Å². The Morgan fingerprint density at radius 1 is 1.29 bits per heavy atom. The molecule has 0 aliphatic carbocycles. The molecule has 8 nitrogen and oxygen atoms in total. The highest BCUT2D eigenvalue weighted by atomic mass is 127. The summed E-state index contributed by atoms with van der Waals surface area (Å²) in [7, 11) is 5.68. The molecule has 2 aromatic heterocycles. The molecule has 0 bridgehead atoms. The second kappa shape index (κ2) is 12.1. The molecule has 0 atom stereocenters. The number of hydrogen-bond donors (Lipinski definition) is 1. The molecule has 0 radical (unpaired) electrons. The Labute approximate surface area is 206 Å². The molecular weight excluding hydrogens is 529 g/mol. The molecule has 0 unspecified atom stereocenters. The number of nitrogens with zero attached hydrogens (tertiary/aromatic N) is 6. The van der Waals surface area contributed by atoms with Gasteiger partial charge in [0, 0.05) is 78.4 Å². The molecule has 0 saturated carbocycles. The smallest absolute Gasteiger partial charge is 0.224 e. The Morgan fingerprint density at radius 3 is 2.61 bits per heavy atom. The van der Waals surface area contributed by atoms with E-state index in [0.29, 0.717) is 19.5 Å². The lowest BCUT2D eigenvalue weighted by atomic mass is 10.2. The van der Waals surface area contributed by atoms with Gasteiger partial charge in [-0.1, -0.05) is 17.7 Å². The predicted octanol–water partition coefficient (Wildman–Crippen LogP) is 2.44. The highest BCUT2D eigenvalue weighted by Gasteiger charge is 2.21. The number of rotatable bonds is 6. The maximum Gasteiger partial charge on any atom is 0.224 e. The number of aromatic nitrogens is 2. The summed E-state index contributed by atoms with van der Waals surface area (Å²) >= 11 is 6.06. The lowest BCUT2D eigenvalue weighted by Gasteiger charge is -2.35. The van der Waals surface area contributed by atoms with Crippen molar-refractivity contribution in [3.05, 3.63) is 47.4 Å². The van der Waals surface area contributed by atoms with Gasteiger partial charge in [0.15, 0.2) is 5.96 Å². The van der Waals surface area contributed by atoms with Gasteiger partial charge >= 0.3 is 0 Å². The van der Waals surface area contributed by atoms with Gasteiger partial charge in [0.05, 0.1) is 11.6 Å². The SMILES string of the molecule is CN=C(NCCC(=O)N1CCN(c2ccccn2)CC1)N(C)Cc1cc(Cl)cn1C.I. The molecule has 1 fully saturated rings. The number of carbonyl (C=O) groups is 1. The third-order valence-electron chi connectivity index (χ3n) is 5.27. The van der Waals surface area contributed by atoms with Crippen molar-refractivity contribution in [2.75, 3.05) is 51.7 Å². The summed E-state index contributed by atoms with van der Waals surface area (Å²) in [6.45, 7) is 4.27. The van der Waals surface area contributed by atoms with Crippen molar-refractivity contribution in [3.8, 4) is 0 Å². The van der Waals surface area contributed by atoms with E-state index in [-0.39, 0.29) is 29.9 Å². The molecule has 1 saturated heterocycles. The van der Waals surface area contributed by atoms with Crippen LogP contribution in [0.5, 0.6) is 0 Å². The summed E-state index contributed by atoms with van der Waals surface area (Å²) in [4.78, 5) is 27.5. The Bertz CT molecular complexity index is 866. The zero-order valence-corrected chi connectivity index (χ0v) is 21.4. The number of nitrogens with one attached hydrogen (secondary N) is 1. The van der Waals surface area contributed by atoms with E-state index in [1.165, 1.54) is 0 Å². The van der Waals surface area contributed by atoms with E-state index in [1.54, 1.807) is 13.2 Å². The zero-order valence-electron chi connectivity index (χ0n) is 18.3. The first-order chi connectivity index (χ1) is 14.5. The van der Waals surface area contributed by atoms with E-state index in [9.17, 15) is 4.79 Å². The Hall–Kier alpha value is -2.01. The molecule has 1 aliphatic rings. The first-order valence-corrected chi connectivity index (χ1v) is 10.5. The lowest BCUT2D eigenvalue weighted by molar-refractivity contribution is -0.131. The summed E-state index contributed by atoms with van der Waals surface area (Å²) < 4.78 is 2.00. The van der Waals surface area contributed by atoms with Crippen LogP contribution in [-0.4, -0.2) is 78.0 Å². The minimum atomic E-state index is 0. The van der Waals surface area contributed by atoms with Crippen LogP contribution in [0, 0.1) is 0 Å². The minimum absolute atomic E-state index is 0. The third-order valence-corrected chi connectivity index (χ3v) is 5.48. The number of anilines is 1. The maximum absolute atomic E-state index is 12.6. The van der Waals surface area contributed by atoms with Crippen molar-refractivity contribution in [3.63, 3.8) is 0 Å². The average molecular weight is 560 g/mol. The van der Waals surface area contributed by atoms with Crippen molar-refractivity contribution in [2.45, 2.75) is 13.0 Å². The fraction of sp³-hybridized carbons (Fsp3) is 0.476. The fourth-order valence-electron chi connectivity index (χ4n) is 3.59. The monoisotopic (exact) mass is 559 g/mol. The van der Waals surface area contributed by atoms with Gasteiger partial charge in [0.1, 0.15) is 5.82 Å². The van der Waals surface area contributed by atoms with Crippen molar-refractivity contribution < 1.29 is 4.79 Å². The van der Waals surface area contributed by atoms with E-state index >= 15 is 0 Å². The number of piperazine rings is 1. The van der Waals surface area contributed by atoms with Gasteiger partial charge < -0.3 is 24.6 Å². The second-order valence-electron chi connectivity index (χ2n) is 7.40. The normalized spacial score (nSPS) is 14.3. The fourth-order valence-corrected chi connectivity index (χ4v) is 3.86. The van der Waals surface area contributed by atoms with E-state index in [4.69, 9.17) is 11.6 Å². The average Bonchev–Trinajstić information content (AvgIpc) is 3.08. The number of carbonyl (C=O) groups excluding carboxylic acids is 1. The third kappa shape index (κ3) is 6.99. The highest BCUT2D eigenvalue weighted by Crippen LogP contribution is 2.14. The number of halogens is 2. The van der Waals surface area contributed by atoms with Crippen LogP contribution >= 0.6 is 35.6 Å². The predicted molar refractivity (Wildman–Crippen MR) is 136 cm³/mol.